The molecule has 1 aromatic carbocycles. The fourth-order valence-electron chi connectivity index (χ4n) is 2.61. The van der Waals surface area contributed by atoms with Crippen LogP contribution >= 0.6 is 0 Å². The van der Waals surface area contributed by atoms with Crippen LogP contribution in [0.2, 0.25) is 0 Å². The quantitative estimate of drug-likeness (QED) is 0.275. The molecule has 1 unspecified atom stereocenters. The standard InChI is InChI=1S/C23H33N3O4/c1-23(2,3)26-22(29)8-6-4-5-7-18-9-11-19(12-10-18)15-30-16-20(25-17-27)13-14-21(24)28/h9-12,17,20H,4,6,8,13-16H2,1-3H3,(H2,24,28)(H,25,27)(H,26,29). The molecule has 0 fully saturated rings. The Labute approximate surface area is 179 Å². The lowest BCUT2D eigenvalue weighted by molar-refractivity contribution is -0.122. The molecular formula is C23H33N3O4. The summed E-state index contributed by atoms with van der Waals surface area (Å²) < 4.78 is 5.63. The number of rotatable bonds is 12. The molecule has 30 heavy (non-hydrogen) atoms. The monoisotopic (exact) mass is 415 g/mol. The van der Waals surface area contributed by atoms with Gasteiger partial charge in [0.05, 0.1) is 19.3 Å². The van der Waals surface area contributed by atoms with E-state index in [1.54, 1.807) is 0 Å². The number of ether oxygens (including phenoxy) is 1. The Kier molecular flexibility index (Phi) is 11.2. The second kappa shape index (κ2) is 13.4. The zero-order chi connectivity index (χ0) is 22.4. The predicted octanol–water partition coefficient (Wildman–Crippen LogP) is 2.02. The number of carbonyl (C=O) groups is 3. The zero-order valence-corrected chi connectivity index (χ0v) is 18.1. The Morgan fingerprint density at radius 3 is 2.50 bits per heavy atom. The van der Waals surface area contributed by atoms with Crippen molar-refractivity contribution in [3.63, 3.8) is 0 Å². The van der Waals surface area contributed by atoms with Crippen molar-refractivity contribution in [1.82, 2.24) is 10.6 Å². The van der Waals surface area contributed by atoms with Gasteiger partial charge in [0, 0.05) is 30.4 Å². The first-order chi connectivity index (χ1) is 14.2. The fraction of sp³-hybridized carbons (Fsp3) is 0.522. The third-order valence-corrected chi connectivity index (χ3v) is 4.04. The molecule has 0 saturated heterocycles. The minimum absolute atomic E-state index is 0.0499. The lowest BCUT2D eigenvalue weighted by atomic mass is 10.1. The van der Waals surface area contributed by atoms with E-state index in [-0.39, 0.29) is 23.9 Å². The van der Waals surface area contributed by atoms with Crippen LogP contribution in [-0.4, -0.2) is 36.4 Å². The van der Waals surface area contributed by atoms with E-state index >= 15 is 0 Å². The van der Waals surface area contributed by atoms with Crippen LogP contribution in [0.3, 0.4) is 0 Å². The first-order valence-electron chi connectivity index (χ1n) is 10.1. The van der Waals surface area contributed by atoms with E-state index in [0.717, 1.165) is 17.5 Å². The maximum absolute atomic E-state index is 11.7. The molecule has 0 aromatic heterocycles. The van der Waals surface area contributed by atoms with Crippen molar-refractivity contribution in [1.29, 1.82) is 0 Å². The molecule has 4 N–H and O–H groups in total. The summed E-state index contributed by atoms with van der Waals surface area (Å²) in [4.78, 5) is 33.2. The van der Waals surface area contributed by atoms with Gasteiger partial charge < -0.3 is 21.1 Å². The Balaban J connectivity index is 2.34. The minimum atomic E-state index is -0.405. The van der Waals surface area contributed by atoms with Crippen molar-refractivity contribution in [3.05, 3.63) is 35.4 Å². The van der Waals surface area contributed by atoms with Crippen molar-refractivity contribution in [2.45, 2.75) is 71.1 Å². The molecule has 0 aliphatic carbocycles. The molecule has 0 saturated carbocycles. The SMILES string of the molecule is CC(C)(C)NC(=O)CCCC#Cc1ccc(COCC(CCC(N)=O)NC=O)cc1. The summed E-state index contributed by atoms with van der Waals surface area (Å²) in [6, 6.07) is 7.47. The molecule has 0 aliphatic heterocycles. The molecule has 0 spiro atoms. The number of amides is 3. The molecule has 7 heteroatoms. The Morgan fingerprint density at radius 1 is 1.20 bits per heavy atom. The number of hydrogen-bond donors (Lipinski definition) is 3. The Bertz CT molecular complexity index is 742. The highest BCUT2D eigenvalue weighted by molar-refractivity contribution is 5.76. The Hall–Kier alpha value is -2.85. The normalized spacial score (nSPS) is 11.7. The topological polar surface area (TPSA) is 111 Å². The molecule has 7 nitrogen and oxygen atoms in total. The van der Waals surface area contributed by atoms with Crippen LogP contribution in [0.1, 0.15) is 64.0 Å². The van der Waals surface area contributed by atoms with Gasteiger partial charge in [-0.1, -0.05) is 24.0 Å². The number of nitrogens with two attached hydrogens (primary N) is 1. The lowest BCUT2D eigenvalue weighted by Crippen LogP contribution is -2.40. The molecule has 164 valence electrons. The van der Waals surface area contributed by atoms with E-state index in [4.69, 9.17) is 10.5 Å². The van der Waals surface area contributed by atoms with Crippen LogP contribution in [-0.2, 0) is 25.7 Å². The largest absolute Gasteiger partial charge is 0.375 e. The van der Waals surface area contributed by atoms with Gasteiger partial charge in [-0.15, -0.1) is 0 Å². The lowest BCUT2D eigenvalue weighted by Gasteiger charge is -2.20. The summed E-state index contributed by atoms with van der Waals surface area (Å²) in [5.41, 5.74) is 6.82. The summed E-state index contributed by atoms with van der Waals surface area (Å²) in [6.45, 7) is 6.58. The first-order valence-corrected chi connectivity index (χ1v) is 10.1. The van der Waals surface area contributed by atoms with E-state index in [1.165, 1.54) is 0 Å². The zero-order valence-electron chi connectivity index (χ0n) is 18.1. The van der Waals surface area contributed by atoms with Gasteiger partial charge in [-0.2, -0.15) is 0 Å². The van der Waals surface area contributed by atoms with Gasteiger partial charge in [0.1, 0.15) is 0 Å². The van der Waals surface area contributed by atoms with Gasteiger partial charge >= 0.3 is 0 Å². The van der Waals surface area contributed by atoms with E-state index in [9.17, 15) is 14.4 Å². The van der Waals surface area contributed by atoms with E-state index in [1.807, 2.05) is 45.0 Å². The molecule has 1 rings (SSSR count). The van der Waals surface area contributed by atoms with Crippen molar-refractivity contribution < 1.29 is 19.1 Å². The van der Waals surface area contributed by atoms with Crippen molar-refractivity contribution in [2.75, 3.05) is 6.61 Å². The number of primary amides is 1. The molecule has 0 heterocycles. The van der Waals surface area contributed by atoms with Gasteiger partial charge in [0.25, 0.3) is 0 Å². The van der Waals surface area contributed by atoms with E-state index < -0.39 is 5.91 Å². The number of benzene rings is 1. The van der Waals surface area contributed by atoms with Crippen LogP contribution in [0, 0.1) is 11.8 Å². The molecule has 0 radical (unpaired) electrons. The van der Waals surface area contributed by atoms with Crippen LogP contribution in [0.25, 0.3) is 0 Å². The highest BCUT2D eigenvalue weighted by Gasteiger charge is 2.12. The number of hydrogen-bond acceptors (Lipinski definition) is 4. The number of unbranched alkanes of at least 4 members (excludes halogenated alkanes) is 1. The third-order valence-electron chi connectivity index (χ3n) is 4.04. The van der Waals surface area contributed by atoms with Gasteiger partial charge in [0.15, 0.2) is 0 Å². The van der Waals surface area contributed by atoms with Gasteiger partial charge in [-0.25, -0.2) is 0 Å². The second-order valence-electron chi connectivity index (χ2n) is 8.15. The summed E-state index contributed by atoms with van der Waals surface area (Å²) >= 11 is 0. The molecular weight excluding hydrogens is 382 g/mol. The van der Waals surface area contributed by atoms with Crippen LogP contribution in [0.5, 0.6) is 0 Å². The molecule has 0 bridgehead atoms. The van der Waals surface area contributed by atoms with Crippen LogP contribution in [0.15, 0.2) is 24.3 Å². The molecule has 0 aliphatic rings. The fourth-order valence-corrected chi connectivity index (χ4v) is 2.61. The van der Waals surface area contributed by atoms with Crippen molar-refractivity contribution in [2.24, 2.45) is 5.73 Å². The van der Waals surface area contributed by atoms with E-state index in [0.29, 0.717) is 38.9 Å². The number of nitrogens with one attached hydrogen (secondary N) is 2. The first kappa shape index (κ1) is 25.2. The maximum atomic E-state index is 11.7. The smallest absolute Gasteiger partial charge is 0.220 e. The van der Waals surface area contributed by atoms with Gasteiger partial charge in [0.2, 0.25) is 18.2 Å². The molecule has 3 amide bonds. The average Bonchev–Trinajstić information content (AvgIpc) is 2.65. The second-order valence-corrected chi connectivity index (χ2v) is 8.15. The molecule has 1 atom stereocenters. The Morgan fingerprint density at radius 2 is 1.90 bits per heavy atom. The van der Waals surface area contributed by atoms with Crippen LogP contribution < -0.4 is 16.4 Å². The van der Waals surface area contributed by atoms with Gasteiger partial charge in [-0.3, -0.25) is 14.4 Å². The minimum Gasteiger partial charge on any atom is -0.375 e. The number of carbonyl (C=O) groups excluding carboxylic acids is 3. The summed E-state index contributed by atoms with van der Waals surface area (Å²) in [7, 11) is 0. The summed E-state index contributed by atoms with van der Waals surface area (Å²) in [5.74, 6) is 5.84. The van der Waals surface area contributed by atoms with Crippen molar-refractivity contribution >= 4 is 18.2 Å². The van der Waals surface area contributed by atoms with Crippen LogP contribution in [0.4, 0.5) is 0 Å². The highest BCUT2D eigenvalue weighted by Crippen LogP contribution is 2.07. The summed E-state index contributed by atoms with van der Waals surface area (Å²) in [5, 5.41) is 5.56. The summed E-state index contributed by atoms with van der Waals surface area (Å²) in [6.07, 6.45) is 3.11. The van der Waals surface area contributed by atoms with E-state index in [2.05, 4.69) is 22.5 Å². The highest BCUT2D eigenvalue weighted by atomic mass is 16.5. The third kappa shape index (κ3) is 12.6. The predicted molar refractivity (Wildman–Crippen MR) is 116 cm³/mol. The average molecular weight is 416 g/mol. The maximum Gasteiger partial charge on any atom is 0.220 e. The van der Waals surface area contributed by atoms with Crippen molar-refractivity contribution in [3.8, 4) is 11.8 Å². The molecule has 1 aromatic rings. The van der Waals surface area contributed by atoms with Gasteiger partial charge in [-0.05, 0) is 51.3 Å².